The number of hydrogen-bond donors (Lipinski definition) is 1. The quantitative estimate of drug-likeness (QED) is 0.535. The number of nitrogens with one attached hydrogen (secondary N) is 1. The first-order valence-electron chi connectivity index (χ1n) is 9.75. The van der Waals surface area contributed by atoms with E-state index in [0.717, 1.165) is 55.2 Å². The molecule has 3 heterocycles. The van der Waals surface area contributed by atoms with Crippen molar-refractivity contribution in [2.75, 3.05) is 37.7 Å². The molecule has 2 aromatic heterocycles. The van der Waals surface area contributed by atoms with E-state index in [-0.39, 0.29) is 5.91 Å². The van der Waals surface area contributed by atoms with Crippen LogP contribution in [0.5, 0.6) is 0 Å². The van der Waals surface area contributed by atoms with Crippen molar-refractivity contribution in [1.82, 2.24) is 15.3 Å². The van der Waals surface area contributed by atoms with Gasteiger partial charge in [-0.05, 0) is 24.5 Å². The average molecular weight is 405 g/mol. The summed E-state index contributed by atoms with van der Waals surface area (Å²) in [6.07, 6.45) is 0.855. The number of morpholine rings is 1. The maximum Gasteiger partial charge on any atom is 0.287 e. The van der Waals surface area contributed by atoms with E-state index in [1.807, 2.05) is 6.07 Å². The SMILES string of the molecule is CCc1cc(N2CCOCC2)nc(SCc2ccc(C(=O)NCC(C)C)o2)n1. The third-order valence-electron chi connectivity index (χ3n) is 4.34. The van der Waals surface area contributed by atoms with Crippen molar-refractivity contribution in [2.24, 2.45) is 5.92 Å². The summed E-state index contributed by atoms with van der Waals surface area (Å²) in [5, 5.41) is 3.59. The van der Waals surface area contributed by atoms with Crippen LogP contribution in [-0.2, 0) is 16.9 Å². The number of rotatable bonds is 8. The van der Waals surface area contributed by atoms with Gasteiger partial charge < -0.3 is 19.4 Å². The zero-order valence-electron chi connectivity index (χ0n) is 16.7. The molecule has 0 spiro atoms. The Labute approximate surface area is 170 Å². The van der Waals surface area contributed by atoms with Crippen LogP contribution in [0, 0.1) is 5.92 Å². The normalized spacial score (nSPS) is 14.5. The molecule has 1 fully saturated rings. The number of aryl methyl sites for hydroxylation is 1. The summed E-state index contributed by atoms with van der Waals surface area (Å²) in [6, 6.07) is 5.61. The van der Waals surface area contributed by atoms with Crippen molar-refractivity contribution in [3.8, 4) is 0 Å². The number of hydrogen-bond acceptors (Lipinski definition) is 7. The van der Waals surface area contributed by atoms with E-state index in [9.17, 15) is 4.79 Å². The van der Waals surface area contributed by atoms with Gasteiger partial charge in [-0.2, -0.15) is 0 Å². The topological polar surface area (TPSA) is 80.5 Å². The molecule has 0 bridgehead atoms. The first-order valence-corrected chi connectivity index (χ1v) is 10.7. The Morgan fingerprint density at radius 2 is 2.07 bits per heavy atom. The predicted molar refractivity (Wildman–Crippen MR) is 110 cm³/mol. The molecule has 3 rings (SSSR count). The molecule has 1 aliphatic heterocycles. The highest BCUT2D eigenvalue weighted by molar-refractivity contribution is 7.98. The van der Waals surface area contributed by atoms with Gasteiger partial charge in [-0.25, -0.2) is 9.97 Å². The third-order valence-corrected chi connectivity index (χ3v) is 5.21. The fourth-order valence-corrected chi connectivity index (χ4v) is 3.52. The molecule has 2 aromatic rings. The smallest absolute Gasteiger partial charge is 0.287 e. The van der Waals surface area contributed by atoms with E-state index in [0.29, 0.717) is 24.0 Å². The van der Waals surface area contributed by atoms with Crippen molar-refractivity contribution in [3.05, 3.63) is 35.4 Å². The predicted octanol–water partition coefficient (Wildman–Crippen LogP) is 3.15. The molecule has 0 saturated carbocycles. The molecule has 0 radical (unpaired) electrons. The Morgan fingerprint density at radius 3 is 2.79 bits per heavy atom. The van der Waals surface area contributed by atoms with Gasteiger partial charge in [0, 0.05) is 31.4 Å². The van der Waals surface area contributed by atoms with Crippen LogP contribution in [0.25, 0.3) is 0 Å². The van der Waals surface area contributed by atoms with Gasteiger partial charge in [0.05, 0.1) is 19.0 Å². The summed E-state index contributed by atoms with van der Waals surface area (Å²) < 4.78 is 11.1. The number of amides is 1. The fourth-order valence-electron chi connectivity index (χ4n) is 2.76. The molecule has 7 nitrogen and oxygen atoms in total. The molecule has 28 heavy (non-hydrogen) atoms. The van der Waals surface area contributed by atoms with Gasteiger partial charge >= 0.3 is 0 Å². The van der Waals surface area contributed by atoms with E-state index in [2.05, 4.69) is 42.0 Å². The van der Waals surface area contributed by atoms with E-state index in [1.165, 1.54) is 11.8 Å². The highest BCUT2D eigenvalue weighted by Gasteiger charge is 2.16. The number of thioether (sulfide) groups is 1. The van der Waals surface area contributed by atoms with Crippen LogP contribution in [0.4, 0.5) is 5.82 Å². The minimum atomic E-state index is -0.177. The van der Waals surface area contributed by atoms with Crippen molar-refractivity contribution < 1.29 is 13.9 Å². The van der Waals surface area contributed by atoms with E-state index in [1.54, 1.807) is 6.07 Å². The lowest BCUT2D eigenvalue weighted by atomic mass is 10.2. The maximum absolute atomic E-state index is 12.1. The second-order valence-corrected chi connectivity index (χ2v) is 8.05. The number of carbonyl (C=O) groups excluding carboxylic acids is 1. The first kappa shape index (κ1) is 20.7. The number of furan rings is 1. The zero-order chi connectivity index (χ0) is 19.9. The monoisotopic (exact) mass is 404 g/mol. The van der Waals surface area contributed by atoms with E-state index in [4.69, 9.17) is 14.1 Å². The molecular weight excluding hydrogens is 376 g/mol. The Morgan fingerprint density at radius 1 is 1.29 bits per heavy atom. The molecule has 0 unspecified atom stereocenters. The Bertz CT molecular complexity index is 788. The average Bonchev–Trinajstić information content (AvgIpc) is 3.20. The lowest BCUT2D eigenvalue weighted by Gasteiger charge is -2.28. The minimum Gasteiger partial charge on any atom is -0.455 e. The molecule has 8 heteroatoms. The first-order chi connectivity index (χ1) is 13.5. The summed E-state index contributed by atoms with van der Waals surface area (Å²) in [6.45, 7) is 9.97. The Balaban J connectivity index is 1.63. The van der Waals surface area contributed by atoms with Gasteiger partial charge in [0.2, 0.25) is 0 Å². The lowest BCUT2D eigenvalue weighted by Crippen LogP contribution is -2.37. The van der Waals surface area contributed by atoms with Crippen molar-refractivity contribution in [3.63, 3.8) is 0 Å². The molecular formula is C20H28N4O3S. The van der Waals surface area contributed by atoms with Crippen molar-refractivity contribution in [2.45, 2.75) is 38.1 Å². The second-order valence-electron chi connectivity index (χ2n) is 7.11. The van der Waals surface area contributed by atoms with Crippen LogP contribution in [0.15, 0.2) is 27.8 Å². The standard InChI is InChI=1S/C20H28N4O3S/c1-4-15-11-18(24-7-9-26-10-8-24)23-20(22-15)28-13-16-5-6-17(27-16)19(25)21-12-14(2)3/h5-6,11,14H,4,7-10,12-13H2,1-3H3,(H,21,25). The number of ether oxygens (including phenoxy) is 1. The van der Waals surface area contributed by atoms with Crippen LogP contribution in [-0.4, -0.2) is 48.7 Å². The summed E-state index contributed by atoms with van der Waals surface area (Å²) in [4.78, 5) is 23.7. The largest absolute Gasteiger partial charge is 0.455 e. The van der Waals surface area contributed by atoms with Crippen molar-refractivity contribution in [1.29, 1.82) is 0 Å². The highest BCUT2D eigenvalue weighted by Crippen LogP contribution is 2.24. The molecule has 152 valence electrons. The number of nitrogens with zero attached hydrogens (tertiary/aromatic N) is 3. The number of anilines is 1. The minimum absolute atomic E-state index is 0.177. The van der Waals surface area contributed by atoms with Crippen LogP contribution < -0.4 is 10.2 Å². The zero-order valence-corrected chi connectivity index (χ0v) is 17.6. The molecule has 1 N–H and O–H groups in total. The Hall–Kier alpha value is -2.06. The van der Waals surface area contributed by atoms with E-state index >= 15 is 0 Å². The van der Waals surface area contributed by atoms with Gasteiger partial charge in [-0.15, -0.1) is 0 Å². The highest BCUT2D eigenvalue weighted by atomic mass is 32.2. The maximum atomic E-state index is 12.1. The molecule has 1 aliphatic rings. The molecule has 1 amide bonds. The van der Waals surface area contributed by atoms with Crippen LogP contribution in [0.3, 0.4) is 0 Å². The number of carbonyl (C=O) groups is 1. The van der Waals surface area contributed by atoms with E-state index < -0.39 is 0 Å². The molecule has 0 aromatic carbocycles. The summed E-state index contributed by atoms with van der Waals surface area (Å²) in [5.74, 6) is 2.83. The van der Waals surface area contributed by atoms with Gasteiger partial charge in [0.15, 0.2) is 10.9 Å². The number of aromatic nitrogens is 2. The summed E-state index contributed by atoms with van der Waals surface area (Å²) in [7, 11) is 0. The Kier molecular flexibility index (Phi) is 7.33. The van der Waals surface area contributed by atoms with Crippen LogP contribution in [0.2, 0.25) is 0 Å². The van der Waals surface area contributed by atoms with Gasteiger partial charge in [-0.3, -0.25) is 4.79 Å². The van der Waals surface area contributed by atoms with Crippen LogP contribution >= 0.6 is 11.8 Å². The summed E-state index contributed by atoms with van der Waals surface area (Å²) in [5.41, 5.74) is 1.02. The second kappa shape index (κ2) is 9.93. The van der Waals surface area contributed by atoms with Crippen molar-refractivity contribution >= 4 is 23.5 Å². The fraction of sp³-hybridized carbons (Fsp3) is 0.550. The van der Waals surface area contributed by atoms with Crippen LogP contribution in [0.1, 0.15) is 42.8 Å². The molecule has 1 saturated heterocycles. The molecule has 0 aliphatic carbocycles. The summed E-state index contributed by atoms with van der Waals surface area (Å²) >= 11 is 1.52. The van der Waals surface area contributed by atoms with Gasteiger partial charge in [-0.1, -0.05) is 32.5 Å². The molecule has 0 atom stereocenters. The third kappa shape index (κ3) is 5.72. The lowest BCUT2D eigenvalue weighted by molar-refractivity contribution is 0.0920. The van der Waals surface area contributed by atoms with Gasteiger partial charge in [0.1, 0.15) is 11.6 Å². The van der Waals surface area contributed by atoms with Gasteiger partial charge in [0.25, 0.3) is 5.91 Å².